The fourth-order valence-corrected chi connectivity index (χ4v) is 1.43. The van der Waals surface area contributed by atoms with Crippen molar-refractivity contribution >= 4 is 5.97 Å². The van der Waals surface area contributed by atoms with E-state index in [1.165, 1.54) is 6.07 Å². The molecule has 0 aliphatic rings. The number of phenols is 1. The first-order valence-corrected chi connectivity index (χ1v) is 5.41. The average molecular weight is 244 g/mol. The van der Waals surface area contributed by atoms with Crippen molar-refractivity contribution in [2.24, 2.45) is 0 Å². The molecule has 0 heterocycles. The molecule has 2 aromatic rings. The van der Waals surface area contributed by atoms with Crippen LogP contribution in [0.25, 0.3) is 0 Å². The molecule has 0 atom stereocenters. The van der Waals surface area contributed by atoms with E-state index in [0.717, 1.165) is 0 Å². The Bertz CT molecular complexity index is 549. The molecule has 0 amide bonds. The van der Waals surface area contributed by atoms with Crippen LogP contribution in [0.1, 0.15) is 15.9 Å². The second-order valence-corrected chi connectivity index (χ2v) is 3.74. The fraction of sp³-hybridized carbons (Fsp3) is 0.0714. The summed E-state index contributed by atoms with van der Waals surface area (Å²) in [6, 6.07) is 13.5. The lowest BCUT2D eigenvalue weighted by molar-refractivity contribution is -0.149. The summed E-state index contributed by atoms with van der Waals surface area (Å²) in [5.41, 5.74) is 0.676. The van der Waals surface area contributed by atoms with Crippen molar-refractivity contribution in [3.05, 3.63) is 59.7 Å². The molecule has 92 valence electrons. The third kappa shape index (κ3) is 2.60. The highest BCUT2D eigenvalue weighted by Gasteiger charge is 2.15. The number of carbonyl (C=O) groups is 1. The zero-order chi connectivity index (χ0) is 13.0. The van der Waals surface area contributed by atoms with E-state index in [0.29, 0.717) is 11.3 Å². The number of rotatable bonds is 3. The van der Waals surface area contributed by atoms with Crippen molar-refractivity contribution in [2.45, 2.75) is 6.92 Å². The van der Waals surface area contributed by atoms with E-state index in [2.05, 4.69) is 4.89 Å². The van der Waals surface area contributed by atoms with E-state index in [9.17, 15) is 9.90 Å². The van der Waals surface area contributed by atoms with Gasteiger partial charge in [0.25, 0.3) is 0 Å². The molecule has 0 saturated carbocycles. The van der Waals surface area contributed by atoms with Gasteiger partial charge in [-0.15, -0.1) is 0 Å². The third-order valence-electron chi connectivity index (χ3n) is 2.41. The molecule has 0 aliphatic carbocycles. The molecule has 0 bridgehead atoms. The number of para-hydroxylation sites is 2. The van der Waals surface area contributed by atoms with Crippen LogP contribution >= 0.6 is 0 Å². The van der Waals surface area contributed by atoms with Crippen LogP contribution in [0.3, 0.4) is 0 Å². The molecule has 0 unspecified atom stereocenters. The first-order chi connectivity index (χ1) is 8.68. The van der Waals surface area contributed by atoms with Gasteiger partial charge in [0.05, 0.1) is 0 Å². The lowest BCUT2D eigenvalue weighted by Gasteiger charge is -2.06. The number of benzene rings is 2. The van der Waals surface area contributed by atoms with Gasteiger partial charge in [-0.3, -0.25) is 4.89 Å². The minimum absolute atomic E-state index is 0.0749. The number of aryl methyl sites for hydroxylation is 1. The Labute approximate surface area is 104 Å². The van der Waals surface area contributed by atoms with Gasteiger partial charge in [-0.2, -0.15) is 0 Å². The van der Waals surface area contributed by atoms with Crippen molar-refractivity contribution < 1.29 is 19.7 Å². The number of carbonyl (C=O) groups excluding carboxylic acids is 1. The fourth-order valence-electron chi connectivity index (χ4n) is 1.43. The number of hydrogen-bond donors (Lipinski definition) is 1. The van der Waals surface area contributed by atoms with Gasteiger partial charge in [0.1, 0.15) is 11.3 Å². The Morgan fingerprint density at radius 2 is 1.78 bits per heavy atom. The molecule has 4 nitrogen and oxygen atoms in total. The third-order valence-corrected chi connectivity index (χ3v) is 2.41. The smallest absolute Gasteiger partial charge is 0.389 e. The quantitative estimate of drug-likeness (QED) is 0.666. The largest absolute Gasteiger partial charge is 0.507 e. The Hall–Kier alpha value is -2.49. The van der Waals surface area contributed by atoms with E-state index in [1.54, 1.807) is 43.3 Å². The van der Waals surface area contributed by atoms with Gasteiger partial charge in [-0.25, -0.2) is 9.68 Å². The molecule has 1 N–H and O–H groups in total. The van der Waals surface area contributed by atoms with Gasteiger partial charge in [0.2, 0.25) is 0 Å². The first-order valence-electron chi connectivity index (χ1n) is 5.41. The Morgan fingerprint density at radius 1 is 1.06 bits per heavy atom. The summed E-state index contributed by atoms with van der Waals surface area (Å²) in [5, 5.41) is 9.71. The Kier molecular flexibility index (Phi) is 3.48. The number of hydrogen-bond acceptors (Lipinski definition) is 4. The number of aromatic hydroxyl groups is 1. The topological polar surface area (TPSA) is 55.8 Å². The van der Waals surface area contributed by atoms with E-state index in [4.69, 9.17) is 4.89 Å². The van der Waals surface area contributed by atoms with Gasteiger partial charge < -0.3 is 5.11 Å². The average Bonchev–Trinajstić information content (AvgIpc) is 2.40. The maximum Gasteiger partial charge on any atom is 0.389 e. The highest BCUT2D eigenvalue weighted by atomic mass is 17.2. The van der Waals surface area contributed by atoms with E-state index >= 15 is 0 Å². The van der Waals surface area contributed by atoms with Gasteiger partial charge in [-0.1, -0.05) is 30.3 Å². The number of phenolic OH excluding ortho intramolecular Hbond substituents is 1. The van der Waals surface area contributed by atoms with Gasteiger partial charge in [0.15, 0.2) is 5.75 Å². The SMILES string of the molecule is Cc1cccc(C(=O)OOc2ccccc2)c1O. The molecule has 4 heteroatoms. The molecule has 18 heavy (non-hydrogen) atoms. The molecule has 0 spiro atoms. The lowest BCUT2D eigenvalue weighted by Crippen LogP contribution is -2.08. The molecular weight excluding hydrogens is 232 g/mol. The second kappa shape index (κ2) is 5.23. The summed E-state index contributed by atoms with van der Waals surface area (Å²) in [6.45, 7) is 1.70. The van der Waals surface area contributed by atoms with Crippen LogP contribution in [0.2, 0.25) is 0 Å². The molecule has 0 aromatic heterocycles. The Balaban J connectivity index is 2.07. The van der Waals surface area contributed by atoms with Crippen molar-refractivity contribution in [3.63, 3.8) is 0 Å². The predicted molar refractivity (Wildman–Crippen MR) is 65.3 cm³/mol. The standard InChI is InChI=1S/C14H12O4/c1-10-6-5-9-12(13(10)15)14(16)18-17-11-7-3-2-4-8-11/h2-9,15H,1H3. The minimum Gasteiger partial charge on any atom is -0.507 e. The summed E-state index contributed by atoms with van der Waals surface area (Å²) in [5.74, 6) is -0.419. The predicted octanol–water partition coefficient (Wildman–Crippen LogP) is 2.85. The van der Waals surface area contributed by atoms with Crippen LogP contribution in [0.5, 0.6) is 11.5 Å². The summed E-state index contributed by atoms with van der Waals surface area (Å²) < 4.78 is 0. The highest BCUT2D eigenvalue weighted by Crippen LogP contribution is 2.22. The second-order valence-electron chi connectivity index (χ2n) is 3.74. The molecule has 0 saturated heterocycles. The van der Waals surface area contributed by atoms with Crippen LogP contribution in [0.15, 0.2) is 48.5 Å². The van der Waals surface area contributed by atoms with E-state index < -0.39 is 5.97 Å². The maximum atomic E-state index is 11.7. The van der Waals surface area contributed by atoms with Crippen molar-refractivity contribution in [1.29, 1.82) is 0 Å². The van der Waals surface area contributed by atoms with Crippen molar-refractivity contribution in [1.82, 2.24) is 0 Å². The van der Waals surface area contributed by atoms with Crippen LogP contribution in [0.4, 0.5) is 0 Å². The molecule has 0 aliphatic heterocycles. The van der Waals surface area contributed by atoms with Crippen LogP contribution in [-0.2, 0) is 4.89 Å². The molecule has 0 fully saturated rings. The highest BCUT2D eigenvalue weighted by molar-refractivity contribution is 5.92. The minimum atomic E-state index is -0.736. The van der Waals surface area contributed by atoms with Gasteiger partial charge in [0, 0.05) is 0 Å². The van der Waals surface area contributed by atoms with Gasteiger partial charge >= 0.3 is 5.97 Å². The van der Waals surface area contributed by atoms with Gasteiger partial charge in [-0.05, 0) is 30.7 Å². The lowest BCUT2D eigenvalue weighted by atomic mass is 10.1. The van der Waals surface area contributed by atoms with Crippen molar-refractivity contribution in [3.8, 4) is 11.5 Å². The monoisotopic (exact) mass is 244 g/mol. The summed E-state index contributed by atoms with van der Waals surface area (Å²) in [4.78, 5) is 21.2. The van der Waals surface area contributed by atoms with Crippen LogP contribution in [-0.4, -0.2) is 11.1 Å². The van der Waals surface area contributed by atoms with E-state index in [1.807, 2.05) is 6.07 Å². The van der Waals surface area contributed by atoms with Crippen LogP contribution < -0.4 is 4.89 Å². The van der Waals surface area contributed by atoms with Crippen LogP contribution in [0, 0.1) is 6.92 Å². The molecule has 2 aromatic carbocycles. The maximum absolute atomic E-state index is 11.7. The van der Waals surface area contributed by atoms with E-state index in [-0.39, 0.29) is 11.3 Å². The Morgan fingerprint density at radius 3 is 2.50 bits per heavy atom. The molecule has 2 rings (SSSR count). The zero-order valence-electron chi connectivity index (χ0n) is 9.79. The summed E-state index contributed by atoms with van der Waals surface area (Å²) in [7, 11) is 0. The molecule has 0 radical (unpaired) electrons. The normalized spacial score (nSPS) is 9.83. The first kappa shape index (κ1) is 12.0. The summed E-state index contributed by atoms with van der Waals surface area (Å²) in [6.07, 6.45) is 0. The zero-order valence-corrected chi connectivity index (χ0v) is 9.79. The molecular formula is C14H12O4. The summed E-state index contributed by atoms with van der Waals surface area (Å²) >= 11 is 0. The van der Waals surface area contributed by atoms with Crippen molar-refractivity contribution in [2.75, 3.05) is 0 Å².